The Morgan fingerprint density at radius 3 is 2.50 bits per heavy atom. The number of hydrogen-bond acceptors (Lipinski definition) is 2. The maximum Gasteiger partial charge on any atom is 0.0208 e. The summed E-state index contributed by atoms with van der Waals surface area (Å²) in [5.41, 5.74) is 1.36. The molecule has 0 aromatic heterocycles. The third kappa shape index (κ3) is 3.58. The highest BCUT2D eigenvalue weighted by Gasteiger charge is 2.15. The molecule has 2 rings (SSSR count). The van der Waals surface area contributed by atoms with Crippen molar-refractivity contribution in [3.8, 4) is 0 Å². The molecule has 0 bridgehead atoms. The van der Waals surface area contributed by atoms with E-state index in [1.807, 2.05) is 0 Å². The van der Waals surface area contributed by atoms with Gasteiger partial charge in [0.05, 0.1) is 0 Å². The zero-order valence-electron chi connectivity index (χ0n) is 9.75. The van der Waals surface area contributed by atoms with Crippen molar-refractivity contribution in [2.75, 3.05) is 20.1 Å². The van der Waals surface area contributed by atoms with E-state index < -0.39 is 0 Å². The van der Waals surface area contributed by atoms with Crippen molar-refractivity contribution >= 4 is 15.9 Å². The lowest BCUT2D eigenvalue weighted by atomic mass is 10.1. The second-order valence-corrected chi connectivity index (χ2v) is 5.50. The molecule has 0 saturated carbocycles. The molecule has 0 atom stereocenters. The molecule has 1 heterocycles. The van der Waals surface area contributed by atoms with Crippen LogP contribution < -0.4 is 5.32 Å². The number of piperidine rings is 1. The van der Waals surface area contributed by atoms with E-state index in [1.165, 1.54) is 31.5 Å². The molecule has 2 nitrogen and oxygen atoms in total. The molecule has 1 aromatic rings. The Hall–Kier alpha value is -0.380. The molecule has 0 spiro atoms. The second-order valence-electron chi connectivity index (χ2n) is 4.58. The van der Waals surface area contributed by atoms with Crippen molar-refractivity contribution in [3.05, 3.63) is 34.3 Å². The number of nitrogens with one attached hydrogen (secondary N) is 1. The Balaban J connectivity index is 1.77. The fraction of sp³-hybridized carbons (Fsp3) is 0.538. The zero-order valence-corrected chi connectivity index (χ0v) is 11.3. The second kappa shape index (κ2) is 5.80. The first-order valence-corrected chi connectivity index (χ1v) is 6.70. The molecule has 3 heteroatoms. The molecule has 1 aliphatic rings. The molecule has 88 valence electrons. The highest BCUT2D eigenvalue weighted by atomic mass is 79.9. The predicted octanol–water partition coefficient (Wildman–Crippen LogP) is 2.63. The Morgan fingerprint density at radius 1 is 1.25 bits per heavy atom. The van der Waals surface area contributed by atoms with Crippen LogP contribution in [0.1, 0.15) is 18.4 Å². The van der Waals surface area contributed by atoms with Crippen LogP contribution in [0.25, 0.3) is 0 Å². The molecule has 0 amide bonds. The minimum Gasteiger partial charge on any atom is -0.310 e. The lowest BCUT2D eigenvalue weighted by molar-refractivity contribution is 0.234. The quantitative estimate of drug-likeness (QED) is 0.917. The summed E-state index contributed by atoms with van der Waals surface area (Å²) in [7, 11) is 2.20. The number of likely N-dealkylation sites (tertiary alicyclic amines) is 1. The van der Waals surface area contributed by atoms with Gasteiger partial charge >= 0.3 is 0 Å². The van der Waals surface area contributed by atoms with E-state index in [4.69, 9.17) is 0 Å². The molecule has 0 aliphatic carbocycles. The number of benzene rings is 1. The minimum atomic E-state index is 0.694. The molecule has 16 heavy (non-hydrogen) atoms. The van der Waals surface area contributed by atoms with Gasteiger partial charge in [0, 0.05) is 17.1 Å². The highest BCUT2D eigenvalue weighted by molar-refractivity contribution is 9.10. The van der Waals surface area contributed by atoms with Crippen LogP contribution in [0.15, 0.2) is 28.7 Å². The van der Waals surface area contributed by atoms with Crippen LogP contribution in [-0.2, 0) is 6.54 Å². The van der Waals surface area contributed by atoms with E-state index in [0.29, 0.717) is 6.04 Å². The van der Waals surface area contributed by atoms with Crippen LogP contribution in [0.2, 0.25) is 0 Å². The average Bonchev–Trinajstić information content (AvgIpc) is 2.30. The molecule has 1 aromatic carbocycles. The van der Waals surface area contributed by atoms with E-state index in [2.05, 4.69) is 57.5 Å². The van der Waals surface area contributed by atoms with Crippen LogP contribution in [-0.4, -0.2) is 31.1 Å². The molecule has 0 unspecified atom stereocenters. The number of nitrogens with zero attached hydrogens (tertiary/aromatic N) is 1. The molecule has 0 radical (unpaired) electrons. The summed E-state index contributed by atoms with van der Waals surface area (Å²) in [5.74, 6) is 0. The molecular formula is C13H19BrN2. The van der Waals surface area contributed by atoms with Crippen molar-refractivity contribution in [2.45, 2.75) is 25.4 Å². The lowest BCUT2D eigenvalue weighted by Crippen LogP contribution is -2.40. The van der Waals surface area contributed by atoms with Gasteiger partial charge < -0.3 is 10.2 Å². The molecule has 1 fully saturated rings. The number of rotatable bonds is 3. The van der Waals surface area contributed by atoms with Gasteiger partial charge in [0.1, 0.15) is 0 Å². The molecule has 1 aliphatic heterocycles. The first-order chi connectivity index (χ1) is 7.74. The van der Waals surface area contributed by atoms with Crippen LogP contribution in [0.5, 0.6) is 0 Å². The highest BCUT2D eigenvalue weighted by Crippen LogP contribution is 2.12. The smallest absolute Gasteiger partial charge is 0.0208 e. The van der Waals surface area contributed by atoms with Gasteiger partial charge in [-0.25, -0.2) is 0 Å². The SMILES string of the molecule is CN1CCC(NCc2ccc(Br)cc2)CC1. The third-order valence-corrected chi connectivity index (χ3v) is 3.76. The first-order valence-electron chi connectivity index (χ1n) is 5.90. The van der Waals surface area contributed by atoms with Crippen LogP contribution in [0, 0.1) is 0 Å². The van der Waals surface area contributed by atoms with Crippen molar-refractivity contribution in [1.82, 2.24) is 10.2 Å². The standard InChI is InChI=1S/C13H19BrN2/c1-16-8-6-13(7-9-16)15-10-11-2-4-12(14)5-3-11/h2-5,13,15H,6-10H2,1H3. The van der Waals surface area contributed by atoms with E-state index in [0.717, 1.165) is 11.0 Å². The third-order valence-electron chi connectivity index (χ3n) is 3.23. The Kier molecular flexibility index (Phi) is 4.38. The normalized spacial score (nSPS) is 18.9. The van der Waals surface area contributed by atoms with Crippen molar-refractivity contribution < 1.29 is 0 Å². The summed E-state index contributed by atoms with van der Waals surface area (Å²) in [6.07, 6.45) is 2.54. The van der Waals surface area contributed by atoms with Crippen molar-refractivity contribution in [2.24, 2.45) is 0 Å². The Labute approximate surface area is 106 Å². The zero-order chi connectivity index (χ0) is 11.4. The monoisotopic (exact) mass is 282 g/mol. The van der Waals surface area contributed by atoms with Gasteiger partial charge in [-0.15, -0.1) is 0 Å². The number of hydrogen-bond donors (Lipinski definition) is 1. The Morgan fingerprint density at radius 2 is 1.88 bits per heavy atom. The Bertz CT molecular complexity index is 315. The van der Waals surface area contributed by atoms with E-state index >= 15 is 0 Å². The van der Waals surface area contributed by atoms with Gasteiger partial charge in [-0.1, -0.05) is 28.1 Å². The van der Waals surface area contributed by atoms with E-state index in [-0.39, 0.29) is 0 Å². The van der Waals surface area contributed by atoms with Crippen molar-refractivity contribution in [1.29, 1.82) is 0 Å². The minimum absolute atomic E-state index is 0.694. The van der Waals surface area contributed by atoms with Gasteiger partial charge in [-0.3, -0.25) is 0 Å². The lowest BCUT2D eigenvalue weighted by Gasteiger charge is -2.29. The maximum absolute atomic E-state index is 3.64. The van der Waals surface area contributed by atoms with Crippen LogP contribution >= 0.6 is 15.9 Å². The fourth-order valence-corrected chi connectivity index (χ4v) is 2.34. The first kappa shape index (κ1) is 12.1. The average molecular weight is 283 g/mol. The number of halogens is 1. The van der Waals surface area contributed by atoms with Gasteiger partial charge in [-0.05, 0) is 50.7 Å². The summed E-state index contributed by atoms with van der Waals surface area (Å²) >= 11 is 3.45. The fourth-order valence-electron chi connectivity index (χ4n) is 2.08. The van der Waals surface area contributed by atoms with Gasteiger partial charge in [0.15, 0.2) is 0 Å². The summed E-state index contributed by atoms with van der Waals surface area (Å²) < 4.78 is 1.15. The summed E-state index contributed by atoms with van der Waals surface area (Å²) in [4.78, 5) is 2.40. The molecular weight excluding hydrogens is 264 g/mol. The molecule has 1 saturated heterocycles. The summed E-state index contributed by atoms with van der Waals surface area (Å²) in [6, 6.07) is 9.25. The molecule has 1 N–H and O–H groups in total. The van der Waals surface area contributed by atoms with E-state index in [1.54, 1.807) is 0 Å². The van der Waals surface area contributed by atoms with E-state index in [9.17, 15) is 0 Å². The van der Waals surface area contributed by atoms with Crippen molar-refractivity contribution in [3.63, 3.8) is 0 Å². The van der Waals surface area contributed by atoms with Gasteiger partial charge in [0.2, 0.25) is 0 Å². The van der Waals surface area contributed by atoms with Crippen LogP contribution in [0.3, 0.4) is 0 Å². The maximum atomic E-state index is 3.64. The summed E-state index contributed by atoms with van der Waals surface area (Å²) in [6.45, 7) is 3.43. The summed E-state index contributed by atoms with van der Waals surface area (Å²) in [5, 5.41) is 3.64. The largest absolute Gasteiger partial charge is 0.310 e. The van der Waals surface area contributed by atoms with Crippen LogP contribution in [0.4, 0.5) is 0 Å². The topological polar surface area (TPSA) is 15.3 Å². The van der Waals surface area contributed by atoms with Gasteiger partial charge in [-0.2, -0.15) is 0 Å². The van der Waals surface area contributed by atoms with Gasteiger partial charge in [0.25, 0.3) is 0 Å². The predicted molar refractivity (Wildman–Crippen MR) is 71.5 cm³/mol.